The Morgan fingerprint density at radius 3 is 2.72 bits per heavy atom. The molecular weight excluding hydrogens is 253 g/mol. The van der Waals surface area contributed by atoms with Crippen molar-refractivity contribution in [1.29, 1.82) is 0 Å². The number of hydrogen-bond acceptors (Lipinski definition) is 4. The molecule has 18 heavy (non-hydrogen) atoms. The molecule has 1 fully saturated rings. The molecule has 1 N–H and O–H groups in total. The predicted octanol–water partition coefficient (Wildman–Crippen LogP) is 2.57. The van der Waals surface area contributed by atoms with Gasteiger partial charge < -0.3 is 0 Å². The summed E-state index contributed by atoms with van der Waals surface area (Å²) in [6, 6.07) is 9.40. The Bertz CT molecular complexity index is 395. The molecule has 0 spiro atoms. The highest BCUT2D eigenvalue weighted by atomic mass is 32.2. The fourth-order valence-electron chi connectivity index (χ4n) is 1.83. The lowest BCUT2D eigenvalue weighted by molar-refractivity contribution is -0.158. The molecule has 1 aliphatic heterocycles. The Hall–Kier alpha value is -0.910. The Morgan fingerprint density at radius 2 is 2.22 bits per heavy atom. The standard InChI is InChI=1S/C13H16FNO2S/c1-9(14)7-11(12-8-15-17-12)13(16)18-10-5-3-2-4-6-10/h2-6,9,11-12,15H,7-8H2,1H3/t9-,11+,12+/m1/s1. The van der Waals surface area contributed by atoms with Gasteiger partial charge in [0.1, 0.15) is 6.10 Å². The number of rotatable bonds is 5. The normalized spacial score (nSPS) is 22.0. The largest absolute Gasteiger partial charge is 0.296 e. The van der Waals surface area contributed by atoms with E-state index in [-0.39, 0.29) is 17.6 Å². The summed E-state index contributed by atoms with van der Waals surface area (Å²) >= 11 is 1.16. The minimum absolute atomic E-state index is 0.0304. The molecule has 3 atom stereocenters. The highest BCUT2D eigenvalue weighted by Crippen LogP contribution is 2.29. The average molecular weight is 269 g/mol. The zero-order chi connectivity index (χ0) is 13.0. The van der Waals surface area contributed by atoms with E-state index in [1.54, 1.807) is 0 Å². The number of nitrogens with one attached hydrogen (secondary N) is 1. The van der Waals surface area contributed by atoms with Crippen LogP contribution >= 0.6 is 11.8 Å². The Morgan fingerprint density at radius 1 is 1.56 bits per heavy atom. The van der Waals surface area contributed by atoms with Crippen LogP contribution in [-0.2, 0) is 9.63 Å². The van der Waals surface area contributed by atoms with Gasteiger partial charge in [0, 0.05) is 4.90 Å². The van der Waals surface area contributed by atoms with Crippen LogP contribution in [0.1, 0.15) is 13.3 Å². The van der Waals surface area contributed by atoms with Crippen molar-refractivity contribution in [2.24, 2.45) is 5.92 Å². The molecule has 98 valence electrons. The van der Waals surface area contributed by atoms with Crippen LogP contribution in [0.2, 0.25) is 0 Å². The number of benzene rings is 1. The molecule has 0 amide bonds. The van der Waals surface area contributed by atoms with Crippen LogP contribution in [0.5, 0.6) is 0 Å². The molecule has 0 radical (unpaired) electrons. The number of alkyl halides is 1. The third kappa shape index (κ3) is 3.54. The summed E-state index contributed by atoms with van der Waals surface area (Å²) in [5.41, 5.74) is 2.65. The summed E-state index contributed by atoms with van der Waals surface area (Å²) in [6.45, 7) is 2.08. The second kappa shape index (κ2) is 6.31. The molecule has 0 bridgehead atoms. The van der Waals surface area contributed by atoms with Crippen molar-refractivity contribution in [2.75, 3.05) is 6.54 Å². The molecular formula is C13H16FNO2S. The lowest BCUT2D eigenvalue weighted by Crippen LogP contribution is -2.51. The van der Waals surface area contributed by atoms with Crippen LogP contribution in [0.3, 0.4) is 0 Å². The van der Waals surface area contributed by atoms with Gasteiger partial charge in [0.15, 0.2) is 5.12 Å². The van der Waals surface area contributed by atoms with Gasteiger partial charge in [-0.1, -0.05) is 30.0 Å². The van der Waals surface area contributed by atoms with E-state index < -0.39 is 12.1 Å². The summed E-state index contributed by atoms with van der Waals surface area (Å²) in [6.07, 6.45) is -0.989. The second-order valence-corrected chi connectivity index (χ2v) is 5.44. The maximum Gasteiger partial charge on any atom is 0.199 e. The minimum Gasteiger partial charge on any atom is -0.296 e. The lowest BCUT2D eigenvalue weighted by Gasteiger charge is -2.33. The first-order chi connectivity index (χ1) is 8.66. The topological polar surface area (TPSA) is 38.3 Å². The third-order valence-electron chi connectivity index (χ3n) is 2.81. The van der Waals surface area contributed by atoms with E-state index in [9.17, 15) is 9.18 Å². The molecule has 0 aromatic heterocycles. The van der Waals surface area contributed by atoms with Gasteiger partial charge in [0.05, 0.1) is 18.6 Å². The van der Waals surface area contributed by atoms with Gasteiger partial charge in [-0.15, -0.1) is 0 Å². The third-order valence-corrected chi connectivity index (χ3v) is 3.82. The highest BCUT2D eigenvalue weighted by molar-refractivity contribution is 8.13. The first-order valence-electron chi connectivity index (χ1n) is 5.96. The fourth-order valence-corrected chi connectivity index (χ4v) is 2.76. The highest BCUT2D eigenvalue weighted by Gasteiger charge is 2.35. The molecule has 1 aromatic carbocycles. The number of carbonyl (C=O) groups excluding carboxylic acids is 1. The fraction of sp³-hybridized carbons (Fsp3) is 0.462. The summed E-state index contributed by atoms with van der Waals surface area (Å²) in [5.74, 6) is -0.392. The van der Waals surface area contributed by atoms with Crippen molar-refractivity contribution in [3.05, 3.63) is 30.3 Å². The summed E-state index contributed by atoms with van der Waals surface area (Å²) < 4.78 is 13.1. The van der Waals surface area contributed by atoms with Gasteiger partial charge in [-0.3, -0.25) is 9.63 Å². The number of carbonyl (C=O) groups is 1. The molecule has 2 rings (SSSR count). The van der Waals surface area contributed by atoms with E-state index in [1.807, 2.05) is 30.3 Å². The van der Waals surface area contributed by atoms with Gasteiger partial charge in [0.2, 0.25) is 0 Å². The van der Waals surface area contributed by atoms with Gasteiger partial charge in [-0.2, -0.15) is 5.48 Å². The van der Waals surface area contributed by atoms with E-state index in [1.165, 1.54) is 6.92 Å². The summed E-state index contributed by atoms with van der Waals surface area (Å²) in [4.78, 5) is 18.2. The lowest BCUT2D eigenvalue weighted by atomic mass is 9.96. The number of halogens is 1. The molecule has 5 heteroatoms. The molecule has 0 aliphatic carbocycles. The Labute approximate surface area is 110 Å². The van der Waals surface area contributed by atoms with Crippen LogP contribution in [0.15, 0.2) is 35.2 Å². The molecule has 0 unspecified atom stereocenters. The van der Waals surface area contributed by atoms with Gasteiger partial charge in [-0.25, -0.2) is 4.39 Å². The molecule has 1 heterocycles. The van der Waals surface area contributed by atoms with E-state index in [0.717, 1.165) is 16.7 Å². The predicted molar refractivity (Wildman–Crippen MR) is 68.9 cm³/mol. The first kappa shape index (κ1) is 13.5. The van der Waals surface area contributed by atoms with Crippen molar-refractivity contribution >= 4 is 16.9 Å². The van der Waals surface area contributed by atoms with Crippen LogP contribution in [-0.4, -0.2) is 23.9 Å². The average Bonchev–Trinajstić information content (AvgIpc) is 2.26. The zero-order valence-corrected chi connectivity index (χ0v) is 11.0. The van der Waals surface area contributed by atoms with Crippen molar-refractivity contribution in [1.82, 2.24) is 5.48 Å². The van der Waals surface area contributed by atoms with Crippen molar-refractivity contribution in [3.8, 4) is 0 Å². The van der Waals surface area contributed by atoms with Crippen LogP contribution in [0.25, 0.3) is 0 Å². The number of thioether (sulfide) groups is 1. The van der Waals surface area contributed by atoms with Crippen LogP contribution in [0.4, 0.5) is 4.39 Å². The van der Waals surface area contributed by atoms with Crippen molar-refractivity contribution < 1.29 is 14.0 Å². The van der Waals surface area contributed by atoms with E-state index >= 15 is 0 Å². The van der Waals surface area contributed by atoms with Crippen LogP contribution in [0, 0.1) is 5.92 Å². The summed E-state index contributed by atoms with van der Waals surface area (Å²) in [5, 5.41) is -0.0304. The SMILES string of the molecule is C[C@@H](F)C[C@H](C(=O)Sc1ccccc1)[C@@H]1CNO1. The number of hydrogen-bond donors (Lipinski definition) is 1. The Kier molecular flexibility index (Phi) is 4.74. The van der Waals surface area contributed by atoms with Crippen LogP contribution < -0.4 is 5.48 Å². The molecule has 3 nitrogen and oxygen atoms in total. The first-order valence-corrected chi connectivity index (χ1v) is 6.78. The molecule has 1 aromatic rings. The minimum atomic E-state index is -1.00. The number of hydroxylamine groups is 1. The molecule has 1 aliphatic rings. The maximum absolute atomic E-state index is 13.1. The second-order valence-electron chi connectivity index (χ2n) is 4.36. The summed E-state index contributed by atoms with van der Waals surface area (Å²) in [7, 11) is 0. The Balaban J connectivity index is 1.99. The van der Waals surface area contributed by atoms with Gasteiger partial charge in [-0.05, 0) is 25.5 Å². The molecule has 0 saturated carbocycles. The quantitative estimate of drug-likeness (QED) is 0.834. The smallest absolute Gasteiger partial charge is 0.199 e. The van der Waals surface area contributed by atoms with Gasteiger partial charge >= 0.3 is 0 Å². The van der Waals surface area contributed by atoms with Gasteiger partial charge in [0.25, 0.3) is 0 Å². The van der Waals surface area contributed by atoms with Crippen molar-refractivity contribution in [3.63, 3.8) is 0 Å². The van der Waals surface area contributed by atoms with E-state index in [0.29, 0.717) is 6.54 Å². The molecule has 1 saturated heterocycles. The van der Waals surface area contributed by atoms with E-state index in [2.05, 4.69) is 5.48 Å². The maximum atomic E-state index is 13.1. The zero-order valence-electron chi connectivity index (χ0n) is 10.1. The van der Waals surface area contributed by atoms with E-state index in [4.69, 9.17) is 4.84 Å². The monoisotopic (exact) mass is 269 g/mol. The van der Waals surface area contributed by atoms with Crippen molar-refractivity contribution in [2.45, 2.75) is 30.5 Å².